The normalized spacial score (nSPS) is 12.3. The van der Waals surface area contributed by atoms with Gasteiger partial charge in [0.05, 0.1) is 10.5 Å². The number of amides is 1. The summed E-state index contributed by atoms with van der Waals surface area (Å²) in [4.78, 5) is 11.6. The molecule has 0 heterocycles. The molecular weight excluding hydrogens is 338 g/mol. The molecule has 0 spiro atoms. The van der Waals surface area contributed by atoms with Crippen LogP contribution in [0.15, 0.2) is 23.1 Å². The van der Waals surface area contributed by atoms with Crippen molar-refractivity contribution >= 4 is 25.6 Å². The van der Waals surface area contributed by atoms with Gasteiger partial charge >= 0.3 is 6.18 Å². The molecule has 0 unspecified atom stereocenters. The molecule has 4 nitrogen and oxygen atoms in total. The van der Waals surface area contributed by atoms with Crippen LogP contribution in [0.4, 0.5) is 17.6 Å². The average molecular weight is 348 g/mol. The molecule has 0 saturated carbocycles. The van der Waals surface area contributed by atoms with Crippen LogP contribution >= 0.6 is 10.7 Å². The van der Waals surface area contributed by atoms with E-state index in [-0.39, 0.29) is 6.54 Å². The number of alkyl halides is 3. The monoisotopic (exact) mass is 347 g/mol. The number of halogens is 5. The Morgan fingerprint density at radius 1 is 1.33 bits per heavy atom. The van der Waals surface area contributed by atoms with Crippen LogP contribution in [0.25, 0.3) is 0 Å². The maximum atomic E-state index is 13.2. The molecule has 0 N–H and O–H groups in total. The van der Waals surface area contributed by atoms with Crippen LogP contribution in [-0.2, 0) is 9.05 Å². The van der Waals surface area contributed by atoms with Gasteiger partial charge in [0.15, 0.2) is 0 Å². The summed E-state index contributed by atoms with van der Waals surface area (Å²) in [5, 5.41) is 0. The van der Waals surface area contributed by atoms with Crippen molar-refractivity contribution in [2.75, 3.05) is 13.1 Å². The highest BCUT2D eigenvalue weighted by Gasteiger charge is 2.34. The first-order chi connectivity index (χ1) is 9.45. The Morgan fingerprint density at radius 3 is 2.33 bits per heavy atom. The fraction of sp³-hybridized carbons (Fsp3) is 0.364. The zero-order chi connectivity index (χ0) is 16.4. The molecule has 0 fully saturated rings. The van der Waals surface area contributed by atoms with Crippen molar-refractivity contribution in [2.24, 2.45) is 0 Å². The maximum absolute atomic E-state index is 13.2. The highest BCUT2D eigenvalue weighted by molar-refractivity contribution is 8.13. The second kappa shape index (κ2) is 6.18. The summed E-state index contributed by atoms with van der Waals surface area (Å²) in [5.41, 5.74) is -0.740. The van der Waals surface area contributed by atoms with Crippen molar-refractivity contribution in [3.8, 4) is 0 Å². The predicted octanol–water partition coefficient (Wildman–Crippen LogP) is 2.78. The molecule has 0 atom stereocenters. The van der Waals surface area contributed by atoms with Crippen molar-refractivity contribution in [1.29, 1.82) is 0 Å². The summed E-state index contributed by atoms with van der Waals surface area (Å²) in [5.74, 6) is -2.24. The van der Waals surface area contributed by atoms with Gasteiger partial charge in [-0.3, -0.25) is 4.79 Å². The Morgan fingerprint density at radius 2 is 1.90 bits per heavy atom. The minimum Gasteiger partial charge on any atom is -0.330 e. The molecule has 1 aromatic rings. The molecule has 0 bridgehead atoms. The number of hydrogen-bond donors (Lipinski definition) is 0. The second-order valence-corrected chi connectivity index (χ2v) is 6.55. The Balaban J connectivity index is 3.31. The number of hydrogen-bond acceptors (Lipinski definition) is 3. The lowest BCUT2D eigenvalue weighted by atomic mass is 10.2. The number of carbonyl (C=O) groups is 1. The molecular formula is C11H10ClF4NO3S. The fourth-order valence-corrected chi connectivity index (χ4v) is 2.64. The minimum atomic E-state index is -4.67. The Bertz CT molecular complexity index is 645. The molecule has 10 heteroatoms. The van der Waals surface area contributed by atoms with Crippen LogP contribution in [0.1, 0.15) is 17.3 Å². The molecule has 0 aliphatic heterocycles. The lowest BCUT2D eigenvalue weighted by Gasteiger charge is -2.23. The standard InChI is InChI=1S/C11H10ClF4NO3S/c1-2-17(6-11(14,15)16)10(18)8-5-7(13)3-4-9(8)21(12,19)20/h3-5H,2,6H2,1H3. The number of benzene rings is 1. The van der Waals surface area contributed by atoms with E-state index in [2.05, 4.69) is 0 Å². The quantitative estimate of drug-likeness (QED) is 0.621. The van der Waals surface area contributed by atoms with Crippen molar-refractivity contribution in [3.05, 3.63) is 29.6 Å². The highest BCUT2D eigenvalue weighted by Crippen LogP contribution is 2.24. The van der Waals surface area contributed by atoms with Crippen molar-refractivity contribution in [3.63, 3.8) is 0 Å². The van der Waals surface area contributed by atoms with Crippen LogP contribution in [0.5, 0.6) is 0 Å². The van der Waals surface area contributed by atoms with E-state index in [1.807, 2.05) is 0 Å². The van der Waals surface area contributed by atoms with E-state index in [1.54, 1.807) is 0 Å². The molecule has 1 aromatic carbocycles. The van der Waals surface area contributed by atoms with Gasteiger partial charge in [-0.2, -0.15) is 13.2 Å². The largest absolute Gasteiger partial charge is 0.406 e. The van der Waals surface area contributed by atoms with Crippen LogP contribution in [0.2, 0.25) is 0 Å². The zero-order valence-corrected chi connectivity index (χ0v) is 12.2. The molecule has 0 aromatic heterocycles. The lowest BCUT2D eigenvalue weighted by Crippen LogP contribution is -2.39. The van der Waals surface area contributed by atoms with Gasteiger partial charge in [-0.05, 0) is 25.1 Å². The molecule has 0 saturated heterocycles. The topological polar surface area (TPSA) is 54.5 Å². The van der Waals surface area contributed by atoms with E-state index in [0.717, 1.165) is 12.1 Å². The lowest BCUT2D eigenvalue weighted by molar-refractivity contribution is -0.140. The third-order valence-corrected chi connectivity index (χ3v) is 3.85. The Labute approximate surface area is 122 Å². The maximum Gasteiger partial charge on any atom is 0.406 e. The number of rotatable bonds is 4. The molecule has 1 amide bonds. The van der Waals surface area contributed by atoms with Crippen LogP contribution in [0.3, 0.4) is 0 Å². The smallest absolute Gasteiger partial charge is 0.330 e. The third-order valence-electron chi connectivity index (χ3n) is 2.47. The van der Waals surface area contributed by atoms with Crippen molar-refractivity contribution in [2.45, 2.75) is 18.0 Å². The molecule has 0 aliphatic carbocycles. The minimum absolute atomic E-state index is 0.337. The molecule has 21 heavy (non-hydrogen) atoms. The van der Waals surface area contributed by atoms with Gasteiger partial charge < -0.3 is 4.90 Å². The summed E-state index contributed by atoms with van der Waals surface area (Å²) in [6, 6.07) is 2.01. The number of nitrogens with zero attached hydrogens (tertiary/aromatic N) is 1. The summed E-state index contributed by atoms with van der Waals surface area (Å²) in [7, 11) is 0.694. The first kappa shape index (κ1) is 17.7. The molecule has 0 radical (unpaired) electrons. The van der Waals surface area contributed by atoms with E-state index < -0.39 is 44.0 Å². The van der Waals surface area contributed by atoms with E-state index in [9.17, 15) is 30.8 Å². The van der Waals surface area contributed by atoms with Gasteiger partial charge in [0.25, 0.3) is 15.0 Å². The van der Waals surface area contributed by atoms with E-state index in [4.69, 9.17) is 10.7 Å². The predicted molar refractivity (Wildman–Crippen MR) is 67.1 cm³/mol. The summed E-state index contributed by atoms with van der Waals surface area (Å²) in [6.07, 6.45) is -4.67. The summed E-state index contributed by atoms with van der Waals surface area (Å²) >= 11 is 0. The van der Waals surface area contributed by atoms with Gasteiger partial charge in [0, 0.05) is 17.2 Å². The van der Waals surface area contributed by atoms with Gasteiger partial charge in [0.2, 0.25) is 0 Å². The summed E-state index contributed by atoms with van der Waals surface area (Å²) < 4.78 is 72.9. The zero-order valence-electron chi connectivity index (χ0n) is 10.6. The Hall–Kier alpha value is -1.35. The first-order valence-electron chi connectivity index (χ1n) is 5.56. The Kier molecular flexibility index (Phi) is 5.21. The van der Waals surface area contributed by atoms with Crippen LogP contribution < -0.4 is 0 Å². The average Bonchev–Trinajstić information content (AvgIpc) is 2.32. The highest BCUT2D eigenvalue weighted by atomic mass is 35.7. The first-order valence-corrected chi connectivity index (χ1v) is 7.87. The van der Waals surface area contributed by atoms with Gasteiger partial charge in [-0.25, -0.2) is 12.8 Å². The molecule has 0 aliphatic rings. The van der Waals surface area contributed by atoms with E-state index in [1.165, 1.54) is 6.92 Å². The molecule has 1 rings (SSSR count). The van der Waals surface area contributed by atoms with Crippen molar-refractivity contribution < 1.29 is 30.8 Å². The van der Waals surface area contributed by atoms with Crippen LogP contribution in [0, 0.1) is 5.82 Å². The van der Waals surface area contributed by atoms with Gasteiger partial charge in [-0.1, -0.05) is 0 Å². The third kappa shape index (κ3) is 4.85. The molecule has 118 valence electrons. The van der Waals surface area contributed by atoms with Crippen molar-refractivity contribution in [1.82, 2.24) is 4.90 Å². The SMILES string of the molecule is CCN(CC(F)(F)F)C(=O)c1cc(F)ccc1S(=O)(=O)Cl. The van der Waals surface area contributed by atoms with E-state index >= 15 is 0 Å². The second-order valence-electron chi connectivity index (χ2n) is 4.01. The summed E-state index contributed by atoms with van der Waals surface area (Å²) in [6.45, 7) is -0.644. The fourth-order valence-electron chi connectivity index (χ4n) is 1.60. The van der Waals surface area contributed by atoms with Gasteiger partial charge in [-0.15, -0.1) is 0 Å². The van der Waals surface area contributed by atoms with E-state index in [0.29, 0.717) is 11.0 Å². The number of carbonyl (C=O) groups excluding carboxylic acids is 1. The van der Waals surface area contributed by atoms with Crippen LogP contribution in [-0.4, -0.2) is 38.5 Å². The van der Waals surface area contributed by atoms with Gasteiger partial charge in [0.1, 0.15) is 12.4 Å².